The molecule has 0 bridgehead atoms. The van der Waals surface area contributed by atoms with Crippen LogP contribution in [0.15, 0.2) is 63.5 Å². The lowest BCUT2D eigenvalue weighted by Gasteiger charge is -2.05. The average molecular weight is 643 g/mol. The molecule has 2 heterocycles. The lowest BCUT2D eigenvalue weighted by molar-refractivity contribution is -0.598. The minimum absolute atomic E-state index is 0. The quantitative estimate of drug-likeness (QED) is 0.0894. The van der Waals surface area contributed by atoms with Crippen LogP contribution in [0.3, 0.4) is 0 Å². The first-order valence-electron chi connectivity index (χ1n) is 9.63. The van der Waals surface area contributed by atoms with E-state index in [0.29, 0.717) is 28.2 Å². The van der Waals surface area contributed by atoms with Gasteiger partial charge in [0.1, 0.15) is 4.21 Å². The Kier molecular flexibility index (Phi) is 10.8. The first-order valence-corrected chi connectivity index (χ1v) is 12.2. The molecule has 0 saturated heterocycles. The number of hydrogen-bond donors (Lipinski definition) is 0. The van der Waals surface area contributed by atoms with Crippen LogP contribution in [-0.2, 0) is 16.0 Å². The molecule has 3 rings (SSSR count). The number of ketones is 1. The van der Waals surface area contributed by atoms with Crippen LogP contribution in [0.25, 0.3) is 5.69 Å². The number of pyridine rings is 1. The third kappa shape index (κ3) is 6.63. The van der Waals surface area contributed by atoms with Gasteiger partial charge in [0.2, 0.25) is 11.5 Å². The monoisotopic (exact) mass is 642 g/mol. The fraction of sp³-hybridized carbons (Fsp3) is 0.217. The molecule has 5 nitrogen and oxygen atoms in total. The largest absolute Gasteiger partial charge is 1.00 e. The van der Waals surface area contributed by atoms with Crippen LogP contribution in [0.2, 0.25) is 0 Å². The molecule has 0 spiro atoms. The van der Waals surface area contributed by atoms with Gasteiger partial charge in [-0.3, -0.25) is 9.59 Å². The molecule has 0 aliphatic heterocycles. The fourth-order valence-corrected chi connectivity index (χ4v) is 5.72. The summed E-state index contributed by atoms with van der Waals surface area (Å²) >= 11 is 6.28. The van der Waals surface area contributed by atoms with E-state index in [1.54, 1.807) is 19.1 Å². The highest BCUT2D eigenvalue weighted by atomic mass is 127. The lowest BCUT2D eigenvalue weighted by atomic mass is 10.0. The van der Waals surface area contributed by atoms with Crippen molar-refractivity contribution in [1.29, 1.82) is 5.26 Å². The van der Waals surface area contributed by atoms with Crippen molar-refractivity contribution in [3.05, 3.63) is 75.3 Å². The number of nitrogens with zero attached hydrogens (tertiary/aromatic N) is 2. The number of thiophene rings is 1. The Bertz CT molecular complexity index is 1110. The molecule has 32 heavy (non-hydrogen) atoms. The van der Waals surface area contributed by atoms with Crippen molar-refractivity contribution >= 4 is 50.8 Å². The fourth-order valence-electron chi connectivity index (χ4n) is 2.97. The summed E-state index contributed by atoms with van der Waals surface area (Å²) in [6.45, 7) is 2.03. The van der Waals surface area contributed by atoms with Crippen LogP contribution in [0, 0.1) is 11.3 Å². The molecule has 0 fully saturated rings. The van der Waals surface area contributed by atoms with E-state index in [9.17, 15) is 9.59 Å². The van der Waals surface area contributed by atoms with E-state index in [4.69, 9.17) is 10.00 Å². The zero-order chi connectivity index (χ0) is 22.2. The van der Waals surface area contributed by atoms with Crippen molar-refractivity contribution in [2.45, 2.75) is 24.0 Å². The number of ether oxygens (including phenoxy) is 1. The van der Waals surface area contributed by atoms with Gasteiger partial charge in [0.05, 0.1) is 29.5 Å². The summed E-state index contributed by atoms with van der Waals surface area (Å²) in [5.41, 5.74) is 1.99. The molecular formula is C23H20BrIN2O3S2. The first-order chi connectivity index (χ1) is 15.0. The number of thioether (sulfide) groups is 1. The minimum atomic E-state index is -0.378. The molecule has 3 aromatic rings. The Morgan fingerprint density at radius 1 is 1.19 bits per heavy atom. The third-order valence-corrected chi connectivity index (χ3v) is 7.32. The smallest absolute Gasteiger partial charge is 0.310 e. The van der Waals surface area contributed by atoms with Crippen LogP contribution in [0.4, 0.5) is 0 Å². The van der Waals surface area contributed by atoms with Gasteiger partial charge in [0.25, 0.3) is 0 Å². The van der Waals surface area contributed by atoms with E-state index >= 15 is 0 Å². The summed E-state index contributed by atoms with van der Waals surface area (Å²) in [7, 11) is 0. The number of hydrogen-bond acceptors (Lipinski definition) is 6. The second-order valence-corrected chi connectivity index (χ2v) is 9.70. The Labute approximate surface area is 220 Å². The van der Waals surface area contributed by atoms with Crippen LogP contribution in [0.1, 0.15) is 34.1 Å². The molecule has 1 aromatic carbocycles. The van der Waals surface area contributed by atoms with E-state index < -0.39 is 0 Å². The third-order valence-electron chi connectivity index (χ3n) is 4.31. The van der Waals surface area contributed by atoms with Crippen molar-refractivity contribution < 1.29 is 42.9 Å². The van der Waals surface area contributed by atoms with Gasteiger partial charge >= 0.3 is 5.97 Å². The predicted molar refractivity (Wildman–Crippen MR) is 125 cm³/mol. The van der Waals surface area contributed by atoms with Crippen molar-refractivity contribution in [1.82, 2.24) is 0 Å². The SMILES string of the molecule is CCOC(=O)Cc1c(C(=O)c2ccc(Br)cc2)sc(SCCC#N)c1-[n+]1ccccc1.[I-]. The highest BCUT2D eigenvalue weighted by molar-refractivity contribution is 9.10. The first kappa shape index (κ1) is 26.5. The zero-order valence-electron chi connectivity index (χ0n) is 17.2. The predicted octanol–water partition coefficient (Wildman–Crippen LogP) is 2.13. The van der Waals surface area contributed by atoms with Crippen molar-refractivity contribution in [2.75, 3.05) is 12.4 Å². The summed E-state index contributed by atoms with van der Waals surface area (Å²) in [5.74, 6) is 0.0838. The summed E-state index contributed by atoms with van der Waals surface area (Å²) in [4.78, 5) is 26.4. The van der Waals surface area contributed by atoms with Crippen LogP contribution in [0.5, 0.6) is 0 Å². The van der Waals surface area contributed by atoms with Gasteiger partial charge in [-0.15, -0.1) is 23.1 Å². The van der Waals surface area contributed by atoms with E-state index in [1.165, 1.54) is 23.1 Å². The number of nitriles is 1. The van der Waals surface area contributed by atoms with E-state index in [0.717, 1.165) is 14.4 Å². The summed E-state index contributed by atoms with van der Waals surface area (Å²) in [6.07, 6.45) is 4.17. The lowest BCUT2D eigenvalue weighted by Crippen LogP contribution is -3.00. The second kappa shape index (κ2) is 13.1. The van der Waals surface area contributed by atoms with Crippen molar-refractivity contribution in [2.24, 2.45) is 0 Å². The number of carbonyl (C=O) groups excluding carboxylic acids is 2. The molecule has 0 saturated carbocycles. The molecule has 0 aliphatic rings. The number of benzene rings is 1. The number of halogens is 2. The molecular weight excluding hydrogens is 623 g/mol. The molecule has 0 radical (unpaired) electrons. The van der Waals surface area contributed by atoms with Crippen LogP contribution in [-0.4, -0.2) is 24.1 Å². The Balaban J connectivity index is 0.00000363. The number of aromatic nitrogens is 1. The van der Waals surface area contributed by atoms with Gasteiger partial charge in [-0.2, -0.15) is 9.83 Å². The van der Waals surface area contributed by atoms with Gasteiger partial charge in [-0.25, -0.2) is 0 Å². The molecule has 2 aromatic heterocycles. The summed E-state index contributed by atoms with van der Waals surface area (Å²) < 4.78 is 8.88. The number of esters is 1. The van der Waals surface area contributed by atoms with E-state index in [1.807, 2.05) is 47.3 Å². The molecule has 0 atom stereocenters. The molecule has 166 valence electrons. The minimum Gasteiger partial charge on any atom is -1.00 e. The zero-order valence-corrected chi connectivity index (χ0v) is 22.6. The van der Waals surface area contributed by atoms with Crippen molar-refractivity contribution in [3.8, 4) is 11.8 Å². The second-order valence-electron chi connectivity index (χ2n) is 6.40. The summed E-state index contributed by atoms with van der Waals surface area (Å²) in [5, 5.41) is 8.94. The van der Waals surface area contributed by atoms with Crippen LogP contribution >= 0.6 is 39.0 Å². The maximum atomic E-state index is 13.4. The van der Waals surface area contributed by atoms with Gasteiger partial charge in [-0.05, 0) is 31.2 Å². The maximum absolute atomic E-state index is 13.4. The van der Waals surface area contributed by atoms with E-state index in [2.05, 4.69) is 22.0 Å². The summed E-state index contributed by atoms with van der Waals surface area (Å²) in [6, 6.07) is 15.0. The molecule has 0 unspecified atom stereocenters. The Morgan fingerprint density at radius 3 is 2.50 bits per heavy atom. The van der Waals surface area contributed by atoms with Crippen molar-refractivity contribution in [3.63, 3.8) is 0 Å². The Morgan fingerprint density at radius 2 is 1.88 bits per heavy atom. The number of carbonyl (C=O) groups is 2. The van der Waals surface area contributed by atoms with E-state index in [-0.39, 0.29) is 48.8 Å². The van der Waals surface area contributed by atoms with Gasteiger partial charge in [0.15, 0.2) is 12.4 Å². The molecule has 0 N–H and O–H groups in total. The standard InChI is InChI=1S/C23H20BrN2O3S2.HI/c1-2-29-19(27)15-18-20(26-12-4-3-5-13-26)23(30-14-6-11-25)31-22(18)21(28)16-7-9-17(24)10-8-16;/h3-5,7-10,12-13H,2,6,14-15H2,1H3;1H/q+1;/p-1. The number of rotatable bonds is 9. The highest BCUT2D eigenvalue weighted by Crippen LogP contribution is 2.38. The highest BCUT2D eigenvalue weighted by Gasteiger charge is 2.31. The normalized spacial score (nSPS) is 10.2. The van der Waals surface area contributed by atoms with Gasteiger partial charge in [0, 0.05) is 34.3 Å². The molecule has 0 aliphatic carbocycles. The van der Waals surface area contributed by atoms with Gasteiger partial charge < -0.3 is 28.7 Å². The van der Waals surface area contributed by atoms with Gasteiger partial charge in [-0.1, -0.05) is 22.0 Å². The molecule has 9 heteroatoms. The molecule has 0 amide bonds. The maximum Gasteiger partial charge on any atom is 0.310 e. The van der Waals surface area contributed by atoms with Crippen LogP contribution < -0.4 is 28.5 Å². The topological polar surface area (TPSA) is 71.0 Å². The average Bonchev–Trinajstić information content (AvgIpc) is 3.12. The Hall–Kier alpha value is -1.74.